The molecule has 8 nitrogen and oxygen atoms in total. The molecule has 2 N–H and O–H groups in total. The molecule has 1 amide bonds. The monoisotopic (exact) mass is 447 g/mol. The highest BCUT2D eigenvalue weighted by Gasteiger charge is 2.31. The molecule has 9 heteroatoms. The molecule has 0 atom stereocenters. The Kier molecular flexibility index (Phi) is 5.53. The van der Waals surface area contributed by atoms with Crippen LogP contribution in [0.15, 0.2) is 83.5 Å². The number of allylic oxidation sites excluding steroid dienone is 2. The lowest BCUT2D eigenvalue weighted by Gasteiger charge is -2.19. The number of rotatable bonds is 5. The van der Waals surface area contributed by atoms with Crippen molar-refractivity contribution < 1.29 is 19.3 Å². The van der Waals surface area contributed by atoms with E-state index in [0.29, 0.717) is 16.9 Å². The number of benzene rings is 3. The van der Waals surface area contributed by atoms with Crippen LogP contribution in [-0.2, 0) is 0 Å². The fourth-order valence-corrected chi connectivity index (χ4v) is 3.41. The van der Waals surface area contributed by atoms with Crippen LogP contribution in [-0.4, -0.2) is 22.4 Å². The van der Waals surface area contributed by atoms with Gasteiger partial charge in [-0.3, -0.25) is 24.5 Å². The predicted molar refractivity (Wildman–Crippen MR) is 119 cm³/mol. The molecular weight excluding hydrogens is 434 g/mol. The summed E-state index contributed by atoms with van der Waals surface area (Å²) in [6.45, 7) is 0. The Morgan fingerprint density at radius 2 is 1.38 bits per heavy atom. The molecule has 0 aromatic heterocycles. The minimum atomic E-state index is -0.526. The van der Waals surface area contributed by atoms with E-state index >= 15 is 0 Å². The first-order valence-corrected chi connectivity index (χ1v) is 9.74. The van der Waals surface area contributed by atoms with Crippen LogP contribution in [0.1, 0.15) is 31.1 Å². The molecule has 0 unspecified atom stereocenters. The first-order chi connectivity index (χ1) is 15.3. The van der Waals surface area contributed by atoms with Crippen molar-refractivity contribution in [2.24, 2.45) is 0 Å². The maximum Gasteiger partial charge on any atom is 0.269 e. The first-order valence-electron chi connectivity index (χ1n) is 9.36. The van der Waals surface area contributed by atoms with Gasteiger partial charge in [0.1, 0.15) is 10.7 Å². The Hall–Kier alpha value is -4.30. The van der Waals surface area contributed by atoms with E-state index in [1.54, 1.807) is 36.4 Å². The van der Waals surface area contributed by atoms with Gasteiger partial charge in [-0.05, 0) is 36.4 Å². The molecule has 1 aliphatic carbocycles. The average Bonchev–Trinajstić information content (AvgIpc) is 2.81. The molecule has 0 fully saturated rings. The summed E-state index contributed by atoms with van der Waals surface area (Å²) in [6, 6.07) is 18.1. The van der Waals surface area contributed by atoms with Gasteiger partial charge in [0.15, 0.2) is 0 Å². The number of halogens is 1. The fraction of sp³-hybridized carbons (Fsp3) is 0. The number of Topliss-reactive ketones (excluding diaryl/α,β-unsaturated/α-hetero) is 2. The van der Waals surface area contributed by atoms with Gasteiger partial charge in [0, 0.05) is 40.2 Å². The van der Waals surface area contributed by atoms with Crippen LogP contribution in [0.4, 0.5) is 17.1 Å². The topological polar surface area (TPSA) is 118 Å². The van der Waals surface area contributed by atoms with Crippen LogP contribution in [0.2, 0.25) is 0 Å². The zero-order chi connectivity index (χ0) is 22.8. The second kappa shape index (κ2) is 8.44. The van der Waals surface area contributed by atoms with Crippen LogP contribution in [0.5, 0.6) is 0 Å². The Bertz CT molecular complexity index is 1300. The summed E-state index contributed by atoms with van der Waals surface area (Å²) in [5.41, 5.74) is 1.61. The smallest absolute Gasteiger partial charge is 0.269 e. The lowest BCUT2D eigenvalue weighted by Crippen LogP contribution is -2.24. The molecule has 0 saturated heterocycles. The molecule has 0 heterocycles. The highest BCUT2D eigenvalue weighted by atomic mass is 35.5. The van der Waals surface area contributed by atoms with E-state index in [-0.39, 0.29) is 27.5 Å². The van der Waals surface area contributed by atoms with Gasteiger partial charge < -0.3 is 10.6 Å². The summed E-state index contributed by atoms with van der Waals surface area (Å²) >= 11 is 6.15. The summed E-state index contributed by atoms with van der Waals surface area (Å²) in [5.74, 6) is -1.26. The fourth-order valence-electron chi connectivity index (χ4n) is 3.18. The van der Waals surface area contributed by atoms with E-state index in [0.717, 1.165) is 0 Å². The van der Waals surface area contributed by atoms with E-state index in [2.05, 4.69) is 10.6 Å². The van der Waals surface area contributed by atoms with E-state index in [4.69, 9.17) is 11.6 Å². The number of hydrogen-bond donors (Lipinski definition) is 2. The second-order valence-corrected chi connectivity index (χ2v) is 7.23. The maximum atomic E-state index is 12.8. The summed E-state index contributed by atoms with van der Waals surface area (Å²) in [5, 5.41) is 16.0. The first kappa shape index (κ1) is 21.0. The van der Waals surface area contributed by atoms with Gasteiger partial charge in [-0.2, -0.15) is 0 Å². The largest absolute Gasteiger partial charge is 0.351 e. The van der Waals surface area contributed by atoms with E-state index in [1.807, 2.05) is 0 Å². The van der Waals surface area contributed by atoms with Crippen LogP contribution >= 0.6 is 11.6 Å². The average molecular weight is 448 g/mol. The highest BCUT2D eigenvalue weighted by Crippen LogP contribution is 2.29. The van der Waals surface area contributed by atoms with Gasteiger partial charge in [-0.15, -0.1) is 0 Å². The highest BCUT2D eigenvalue weighted by molar-refractivity contribution is 6.50. The molecule has 32 heavy (non-hydrogen) atoms. The van der Waals surface area contributed by atoms with Crippen LogP contribution in [0, 0.1) is 10.1 Å². The zero-order valence-electron chi connectivity index (χ0n) is 16.3. The number of ketones is 2. The van der Waals surface area contributed by atoms with Crippen molar-refractivity contribution in [3.05, 3.63) is 110 Å². The zero-order valence-corrected chi connectivity index (χ0v) is 17.1. The lowest BCUT2D eigenvalue weighted by molar-refractivity contribution is -0.384. The lowest BCUT2D eigenvalue weighted by atomic mass is 9.92. The quantitative estimate of drug-likeness (QED) is 0.429. The Labute approximate surface area is 186 Å². The summed E-state index contributed by atoms with van der Waals surface area (Å²) < 4.78 is 0. The number of carbonyl (C=O) groups is 3. The number of carbonyl (C=O) groups excluding carboxylic acids is 3. The van der Waals surface area contributed by atoms with Crippen molar-refractivity contribution in [3.8, 4) is 0 Å². The molecular formula is C23H14ClN3O5. The van der Waals surface area contributed by atoms with Gasteiger partial charge in [-0.25, -0.2) is 0 Å². The van der Waals surface area contributed by atoms with Crippen molar-refractivity contribution >= 4 is 46.1 Å². The number of hydrogen-bond acceptors (Lipinski definition) is 6. The molecule has 0 bridgehead atoms. The van der Waals surface area contributed by atoms with Crippen LogP contribution in [0.3, 0.4) is 0 Å². The third-order valence-corrected chi connectivity index (χ3v) is 5.18. The van der Waals surface area contributed by atoms with Gasteiger partial charge in [0.05, 0.1) is 4.92 Å². The SMILES string of the molecule is O=C(Nc1ccc([N+](=O)[O-])cc1)c1ccc(NC2=C(Cl)C(=O)c3ccccc3C2=O)cc1. The van der Waals surface area contributed by atoms with Gasteiger partial charge >= 0.3 is 0 Å². The van der Waals surface area contributed by atoms with E-state index < -0.39 is 22.4 Å². The Morgan fingerprint density at radius 3 is 1.97 bits per heavy atom. The van der Waals surface area contributed by atoms with E-state index in [1.165, 1.54) is 36.4 Å². The number of anilines is 2. The Morgan fingerprint density at radius 1 is 0.812 bits per heavy atom. The number of nitrogens with zero attached hydrogens (tertiary/aromatic N) is 1. The third-order valence-electron chi connectivity index (χ3n) is 4.81. The van der Waals surface area contributed by atoms with Crippen LogP contribution < -0.4 is 10.6 Å². The maximum absolute atomic E-state index is 12.8. The number of nitro groups is 1. The van der Waals surface area contributed by atoms with Gasteiger partial charge in [0.2, 0.25) is 11.6 Å². The van der Waals surface area contributed by atoms with Crippen molar-refractivity contribution in [2.45, 2.75) is 0 Å². The number of nitrogens with one attached hydrogen (secondary N) is 2. The summed E-state index contributed by atoms with van der Waals surface area (Å²) in [4.78, 5) is 47.8. The minimum Gasteiger partial charge on any atom is -0.351 e. The molecule has 158 valence electrons. The van der Waals surface area contributed by atoms with Gasteiger partial charge in [0.25, 0.3) is 11.6 Å². The van der Waals surface area contributed by atoms with Crippen molar-refractivity contribution in [2.75, 3.05) is 10.6 Å². The number of nitro benzene ring substituents is 1. The second-order valence-electron chi connectivity index (χ2n) is 6.85. The minimum absolute atomic E-state index is 0.0292. The van der Waals surface area contributed by atoms with Crippen LogP contribution in [0.25, 0.3) is 0 Å². The molecule has 0 saturated carbocycles. The molecule has 0 spiro atoms. The third kappa shape index (κ3) is 3.99. The molecule has 0 radical (unpaired) electrons. The van der Waals surface area contributed by atoms with Crippen molar-refractivity contribution in [1.82, 2.24) is 0 Å². The Balaban J connectivity index is 1.49. The van der Waals surface area contributed by atoms with Gasteiger partial charge in [-0.1, -0.05) is 35.9 Å². The van der Waals surface area contributed by atoms with Crippen molar-refractivity contribution in [3.63, 3.8) is 0 Å². The standard InChI is InChI=1S/C23H14ClN3O5/c24-19-20(22(29)18-4-2-1-3-17(18)21(19)28)25-14-7-5-13(6-8-14)23(30)26-15-9-11-16(12-10-15)27(31)32/h1-12,25H,(H,26,30). The van der Waals surface area contributed by atoms with E-state index in [9.17, 15) is 24.5 Å². The molecule has 1 aliphatic rings. The molecule has 3 aromatic rings. The number of fused-ring (bicyclic) bond motifs is 1. The molecule has 4 rings (SSSR count). The number of amides is 1. The molecule has 0 aliphatic heterocycles. The van der Waals surface area contributed by atoms with Crippen molar-refractivity contribution in [1.29, 1.82) is 0 Å². The number of non-ortho nitro benzene ring substituents is 1. The summed E-state index contributed by atoms with van der Waals surface area (Å²) in [7, 11) is 0. The normalized spacial score (nSPS) is 12.9. The predicted octanol–water partition coefficient (Wildman–Crippen LogP) is 4.79. The molecule has 3 aromatic carbocycles. The summed E-state index contributed by atoms with van der Waals surface area (Å²) in [6.07, 6.45) is 0.